The number of nitrogens with one attached hydrogen (secondary N) is 1. The Balaban J connectivity index is 1.60. The van der Waals surface area contributed by atoms with Crippen molar-refractivity contribution in [2.45, 2.75) is 49.9 Å². The Labute approximate surface area is 128 Å². The summed E-state index contributed by atoms with van der Waals surface area (Å²) in [5.41, 5.74) is 5.38. The number of nitrogens with zero attached hydrogens (tertiary/aromatic N) is 1. The van der Waals surface area contributed by atoms with E-state index in [1.54, 1.807) is 7.05 Å². The highest BCUT2D eigenvalue weighted by Gasteiger charge is 2.60. The van der Waals surface area contributed by atoms with Crippen LogP contribution < -0.4 is 11.1 Å². The van der Waals surface area contributed by atoms with Crippen LogP contribution in [0.5, 0.6) is 0 Å². The lowest BCUT2D eigenvalue weighted by Crippen LogP contribution is -2.51. The number of hydrogen-bond donors (Lipinski definition) is 2. The minimum atomic E-state index is -4.14. The summed E-state index contributed by atoms with van der Waals surface area (Å²) >= 11 is 0. The number of piperidine rings is 2. The lowest BCUT2D eigenvalue weighted by atomic mass is 9.83. The predicted octanol–water partition coefficient (Wildman–Crippen LogP) is 1.50. The molecule has 4 nitrogen and oxygen atoms in total. The molecule has 1 spiro atoms. The summed E-state index contributed by atoms with van der Waals surface area (Å²) < 4.78 is 38.8. The van der Waals surface area contributed by atoms with E-state index in [4.69, 9.17) is 5.73 Å². The Kier molecular flexibility index (Phi) is 3.92. The molecule has 22 heavy (non-hydrogen) atoms. The summed E-state index contributed by atoms with van der Waals surface area (Å²) in [4.78, 5) is 12.9. The minimum Gasteiger partial charge on any atom is -0.369 e. The first-order chi connectivity index (χ1) is 10.2. The number of nitrogens with two attached hydrogens (primary N) is 1. The molecule has 2 aliphatic heterocycles. The topological polar surface area (TPSA) is 58.4 Å². The van der Waals surface area contributed by atoms with Gasteiger partial charge < -0.3 is 11.1 Å². The second-order valence-corrected chi connectivity index (χ2v) is 7.32. The van der Waals surface area contributed by atoms with Crippen LogP contribution in [0.25, 0.3) is 0 Å². The number of halogens is 3. The number of alkyl halides is 3. The predicted molar refractivity (Wildman–Crippen MR) is 76.0 cm³/mol. The van der Waals surface area contributed by atoms with Gasteiger partial charge in [-0.2, -0.15) is 13.2 Å². The van der Waals surface area contributed by atoms with E-state index >= 15 is 0 Å². The van der Waals surface area contributed by atoms with E-state index in [1.807, 2.05) is 0 Å². The lowest BCUT2D eigenvalue weighted by Gasteiger charge is -2.40. The fraction of sp³-hybridized carbons (Fsp3) is 0.933. The molecule has 1 aliphatic carbocycles. The molecule has 1 amide bonds. The Bertz CT molecular complexity index is 456. The standard InChI is InChI=1S/C15H24F3N3O/c1-21-8-10(2-3-12(21)15(16,17)18)11-7-14(11)6-9(13(19)22)4-5-20-14/h9-12,20H,2-8H2,1H3,(H2,19,22)/t9?,10-,11?,12+,14?/m0/s1. The Morgan fingerprint density at radius 1 is 1.27 bits per heavy atom. The van der Waals surface area contributed by atoms with Gasteiger partial charge in [-0.1, -0.05) is 0 Å². The van der Waals surface area contributed by atoms with Gasteiger partial charge in [0.1, 0.15) is 6.04 Å². The van der Waals surface area contributed by atoms with Crippen LogP contribution in [0.15, 0.2) is 0 Å². The maximum atomic E-state index is 12.9. The van der Waals surface area contributed by atoms with Crippen molar-refractivity contribution in [2.75, 3.05) is 20.1 Å². The summed E-state index contributed by atoms with van der Waals surface area (Å²) in [5, 5.41) is 3.51. The van der Waals surface area contributed by atoms with Crippen LogP contribution in [0.4, 0.5) is 13.2 Å². The van der Waals surface area contributed by atoms with Crippen molar-refractivity contribution >= 4 is 5.91 Å². The fourth-order valence-corrected chi connectivity index (χ4v) is 4.66. The summed E-state index contributed by atoms with van der Waals surface area (Å²) in [7, 11) is 1.57. The monoisotopic (exact) mass is 319 g/mol. The molecule has 3 N–H and O–H groups in total. The van der Waals surface area contributed by atoms with Crippen LogP contribution in [-0.4, -0.2) is 48.7 Å². The quantitative estimate of drug-likeness (QED) is 0.811. The summed E-state index contributed by atoms with van der Waals surface area (Å²) in [6, 6.07) is -1.31. The van der Waals surface area contributed by atoms with Gasteiger partial charge >= 0.3 is 6.18 Å². The normalized spacial score (nSPS) is 43.3. The molecule has 0 aromatic carbocycles. The zero-order valence-electron chi connectivity index (χ0n) is 12.8. The highest BCUT2D eigenvalue weighted by molar-refractivity contribution is 5.77. The molecule has 5 atom stereocenters. The zero-order chi connectivity index (χ0) is 16.1. The second-order valence-electron chi connectivity index (χ2n) is 7.32. The summed E-state index contributed by atoms with van der Waals surface area (Å²) in [6.07, 6.45) is -0.867. The molecule has 3 fully saturated rings. The minimum absolute atomic E-state index is 0.0471. The smallest absolute Gasteiger partial charge is 0.369 e. The number of carbonyl (C=O) groups is 1. The van der Waals surface area contributed by atoms with E-state index in [0.717, 1.165) is 25.8 Å². The largest absolute Gasteiger partial charge is 0.404 e. The van der Waals surface area contributed by atoms with Crippen molar-refractivity contribution < 1.29 is 18.0 Å². The number of rotatable bonds is 2. The lowest BCUT2D eigenvalue weighted by molar-refractivity contribution is -0.191. The average molecular weight is 319 g/mol. The van der Waals surface area contributed by atoms with E-state index in [9.17, 15) is 18.0 Å². The fourth-order valence-electron chi connectivity index (χ4n) is 4.66. The average Bonchev–Trinajstić information content (AvgIpc) is 3.10. The summed E-state index contributed by atoms with van der Waals surface area (Å²) in [5.74, 6) is 0.328. The number of primary amides is 1. The number of likely N-dealkylation sites (tertiary alicyclic amines) is 1. The summed E-state index contributed by atoms with van der Waals surface area (Å²) in [6.45, 7) is 1.26. The van der Waals surface area contributed by atoms with Gasteiger partial charge in [0, 0.05) is 18.0 Å². The molecule has 126 valence electrons. The molecular weight excluding hydrogens is 295 g/mol. The molecule has 1 saturated carbocycles. The third kappa shape index (κ3) is 2.85. The van der Waals surface area contributed by atoms with Gasteiger partial charge in [0.05, 0.1) is 0 Å². The van der Waals surface area contributed by atoms with Crippen molar-refractivity contribution in [3.05, 3.63) is 0 Å². The second kappa shape index (κ2) is 5.37. The molecule has 2 heterocycles. The van der Waals surface area contributed by atoms with Crippen LogP contribution in [0, 0.1) is 17.8 Å². The molecule has 0 radical (unpaired) electrons. The highest BCUT2D eigenvalue weighted by Crippen LogP contribution is 2.56. The first-order valence-electron chi connectivity index (χ1n) is 8.04. The maximum Gasteiger partial charge on any atom is 0.404 e. The first-order valence-corrected chi connectivity index (χ1v) is 8.04. The Hall–Kier alpha value is -0.820. The molecule has 3 unspecified atom stereocenters. The van der Waals surface area contributed by atoms with Gasteiger partial charge in [-0.3, -0.25) is 9.69 Å². The van der Waals surface area contributed by atoms with Crippen LogP contribution in [0.1, 0.15) is 32.1 Å². The first kappa shape index (κ1) is 16.1. The van der Waals surface area contributed by atoms with Gasteiger partial charge in [-0.25, -0.2) is 0 Å². The van der Waals surface area contributed by atoms with Gasteiger partial charge in [0.15, 0.2) is 0 Å². The molecule has 0 aromatic heterocycles. The molecule has 3 rings (SSSR count). The van der Waals surface area contributed by atoms with Crippen molar-refractivity contribution in [2.24, 2.45) is 23.5 Å². The molecule has 0 aromatic rings. The van der Waals surface area contributed by atoms with Crippen molar-refractivity contribution in [3.63, 3.8) is 0 Å². The van der Waals surface area contributed by atoms with Gasteiger partial charge in [0.2, 0.25) is 5.91 Å². The van der Waals surface area contributed by atoms with Gasteiger partial charge in [-0.05, 0) is 57.5 Å². The van der Waals surface area contributed by atoms with E-state index in [1.165, 1.54) is 4.90 Å². The zero-order valence-corrected chi connectivity index (χ0v) is 12.8. The van der Waals surface area contributed by atoms with E-state index in [2.05, 4.69) is 5.32 Å². The molecule has 3 aliphatic rings. The third-order valence-corrected chi connectivity index (χ3v) is 5.93. The van der Waals surface area contributed by atoms with Crippen LogP contribution in [-0.2, 0) is 4.79 Å². The van der Waals surface area contributed by atoms with Crippen LogP contribution in [0.3, 0.4) is 0 Å². The van der Waals surface area contributed by atoms with E-state index in [0.29, 0.717) is 18.9 Å². The number of amides is 1. The van der Waals surface area contributed by atoms with E-state index < -0.39 is 12.2 Å². The van der Waals surface area contributed by atoms with E-state index in [-0.39, 0.29) is 29.7 Å². The SMILES string of the molecule is CN1C[C@@H](C2CC23CC(C(N)=O)CCN3)CC[C@@H]1C(F)(F)F. The van der Waals surface area contributed by atoms with Crippen LogP contribution >= 0.6 is 0 Å². The Morgan fingerprint density at radius 2 is 2.00 bits per heavy atom. The molecular formula is C15H24F3N3O. The molecule has 0 bridgehead atoms. The van der Waals surface area contributed by atoms with Crippen molar-refractivity contribution in [1.82, 2.24) is 10.2 Å². The highest BCUT2D eigenvalue weighted by atomic mass is 19.4. The molecule has 7 heteroatoms. The third-order valence-electron chi connectivity index (χ3n) is 5.93. The van der Waals surface area contributed by atoms with Gasteiger partial charge in [-0.15, -0.1) is 0 Å². The Morgan fingerprint density at radius 3 is 2.59 bits per heavy atom. The van der Waals surface area contributed by atoms with Crippen molar-refractivity contribution in [3.8, 4) is 0 Å². The number of carbonyl (C=O) groups excluding carboxylic acids is 1. The van der Waals surface area contributed by atoms with Crippen molar-refractivity contribution in [1.29, 1.82) is 0 Å². The van der Waals surface area contributed by atoms with Crippen LogP contribution in [0.2, 0.25) is 0 Å². The maximum absolute atomic E-state index is 12.9. The number of hydrogen-bond acceptors (Lipinski definition) is 3. The van der Waals surface area contributed by atoms with Gasteiger partial charge in [0.25, 0.3) is 0 Å². The molecule has 2 saturated heterocycles.